The second kappa shape index (κ2) is 5.88. The van der Waals surface area contributed by atoms with E-state index in [0.29, 0.717) is 11.8 Å². The van der Waals surface area contributed by atoms with Gasteiger partial charge in [0.25, 0.3) is 0 Å². The van der Waals surface area contributed by atoms with Gasteiger partial charge in [-0.05, 0) is 60.4 Å². The molecule has 3 heteroatoms. The van der Waals surface area contributed by atoms with Gasteiger partial charge in [-0.2, -0.15) is 0 Å². The van der Waals surface area contributed by atoms with Crippen molar-refractivity contribution in [3.63, 3.8) is 0 Å². The molecule has 0 aliphatic heterocycles. The van der Waals surface area contributed by atoms with Gasteiger partial charge in [0.15, 0.2) is 0 Å². The first kappa shape index (κ1) is 13.5. The van der Waals surface area contributed by atoms with Gasteiger partial charge in [-0.1, -0.05) is 19.1 Å². The minimum Gasteiger partial charge on any atom is -0.508 e. The van der Waals surface area contributed by atoms with E-state index < -0.39 is 0 Å². The molecule has 20 heavy (non-hydrogen) atoms. The van der Waals surface area contributed by atoms with Gasteiger partial charge in [-0.15, -0.1) is 11.3 Å². The maximum Gasteiger partial charge on any atom is 0.119 e. The number of hydrogen-bond donors (Lipinski definition) is 1. The number of hydrogen-bond acceptors (Lipinski definition) is 3. The molecule has 0 saturated heterocycles. The van der Waals surface area contributed by atoms with Crippen LogP contribution in [0.1, 0.15) is 30.9 Å². The maximum absolute atomic E-state index is 9.96. The zero-order valence-corrected chi connectivity index (χ0v) is 12.7. The van der Waals surface area contributed by atoms with Gasteiger partial charge in [0.1, 0.15) is 5.75 Å². The standard InChI is InChI=1S/C17H21NOS/c1-2-10-18(17-7-4-11-20-17)14-8-9-15-13(12-14)5-3-6-16(15)19/h3-7,11,14,19H,2,8-10,12H2,1H3. The molecule has 1 heterocycles. The molecule has 1 aliphatic rings. The third kappa shape index (κ3) is 2.55. The number of rotatable bonds is 4. The van der Waals surface area contributed by atoms with Crippen molar-refractivity contribution in [1.82, 2.24) is 0 Å². The molecule has 0 fully saturated rings. The topological polar surface area (TPSA) is 23.5 Å². The summed E-state index contributed by atoms with van der Waals surface area (Å²) in [4.78, 5) is 2.55. The van der Waals surface area contributed by atoms with Crippen molar-refractivity contribution in [1.29, 1.82) is 0 Å². The molecule has 0 spiro atoms. The highest BCUT2D eigenvalue weighted by Crippen LogP contribution is 2.33. The molecule has 0 amide bonds. The third-order valence-electron chi connectivity index (χ3n) is 4.13. The zero-order chi connectivity index (χ0) is 13.9. The van der Waals surface area contributed by atoms with Gasteiger partial charge >= 0.3 is 0 Å². The molecule has 1 N–H and O–H groups in total. The van der Waals surface area contributed by atoms with Crippen LogP contribution in [0, 0.1) is 0 Å². The molecule has 2 nitrogen and oxygen atoms in total. The first-order valence-corrected chi connectivity index (χ1v) is 8.27. The Hall–Kier alpha value is -1.48. The fourth-order valence-corrected chi connectivity index (χ4v) is 4.01. The lowest BCUT2D eigenvalue weighted by Gasteiger charge is -2.36. The van der Waals surface area contributed by atoms with E-state index in [-0.39, 0.29) is 0 Å². The van der Waals surface area contributed by atoms with Crippen molar-refractivity contribution in [3.05, 3.63) is 46.8 Å². The minimum atomic E-state index is 0.471. The van der Waals surface area contributed by atoms with Crippen LogP contribution in [0.25, 0.3) is 0 Å². The number of nitrogens with zero attached hydrogens (tertiary/aromatic N) is 1. The number of fused-ring (bicyclic) bond motifs is 1. The maximum atomic E-state index is 9.96. The fraction of sp³-hybridized carbons (Fsp3) is 0.412. The van der Waals surface area contributed by atoms with Gasteiger partial charge in [-0.25, -0.2) is 0 Å². The number of phenolic OH excluding ortho intramolecular Hbond substituents is 1. The lowest BCUT2D eigenvalue weighted by atomic mass is 9.87. The summed E-state index contributed by atoms with van der Waals surface area (Å²) in [6.07, 6.45) is 4.32. The van der Waals surface area contributed by atoms with Crippen LogP contribution < -0.4 is 4.90 Å². The first-order valence-electron chi connectivity index (χ1n) is 7.39. The number of aromatic hydroxyl groups is 1. The van der Waals surface area contributed by atoms with E-state index in [0.717, 1.165) is 31.4 Å². The number of anilines is 1. The smallest absolute Gasteiger partial charge is 0.119 e. The van der Waals surface area contributed by atoms with Crippen LogP contribution in [-0.4, -0.2) is 17.7 Å². The quantitative estimate of drug-likeness (QED) is 0.909. The Balaban J connectivity index is 1.84. The summed E-state index contributed by atoms with van der Waals surface area (Å²) in [6.45, 7) is 3.35. The van der Waals surface area contributed by atoms with Crippen molar-refractivity contribution in [2.24, 2.45) is 0 Å². The van der Waals surface area contributed by atoms with Crippen molar-refractivity contribution >= 4 is 16.3 Å². The molecule has 0 radical (unpaired) electrons. The number of phenols is 1. The van der Waals surface area contributed by atoms with Crippen molar-refractivity contribution in [2.75, 3.05) is 11.4 Å². The molecule has 0 saturated carbocycles. The van der Waals surface area contributed by atoms with E-state index in [1.807, 2.05) is 23.5 Å². The minimum absolute atomic E-state index is 0.471. The van der Waals surface area contributed by atoms with Crippen LogP contribution >= 0.6 is 11.3 Å². The second-order valence-electron chi connectivity index (χ2n) is 5.46. The SMILES string of the molecule is CCCN(c1cccs1)C1CCc2c(O)cccc2C1. The fourth-order valence-electron chi connectivity index (χ4n) is 3.18. The lowest BCUT2D eigenvalue weighted by molar-refractivity contribution is 0.451. The summed E-state index contributed by atoms with van der Waals surface area (Å²) in [5.74, 6) is 0.471. The summed E-state index contributed by atoms with van der Waals surface area (Å²) in [5.41, 5.74) is 2.48. The largest absolute Gasteiger partial charge is 0.508 e. The zero-order valence-electron chi connectivity index (χ0n) is 11.9. The van der Waals surface area contributed by atoms with Gasteiger partial charge in [0.2, 0.25) is 0 Å². The molecular formula is C17H21NOS. The molecule has 1 aromatic heterocycles. The van der Waals surface area contributed by atoms with Crippen LogP contribution in [0.3, 0.4) is 0 Å². The van der Waals surface area contributed by atoms with Gasteiger partial charge in [-0.3, -0.25) is 0 Å². The lowest BCUT2D eigenvalue weighted by Crippen LogP contribution is -2.39. The van der Waals surface area contributed by atoms with E-state index in [9.17, 15) is 5.11 Å². The van der Waals surface area contributed by atoms with Crippen LogP contribution in [0.5, 0.6) is 5.75 Å². The number of thiophene rings is 1. The highest BCUT2D eigenvalue weighted by atomic mass is 32.1. The van der Waals surface area contributed by atoms with E-state index in [1.54, 1.807) is 0 Å². The molecule has 3 rings (SSSR count). The van der Waals surface area contributed by atoms with Crippen LogP contribution in [0.15, 0.2) is 35.7 Å². The van der Waals surface area contributed by atoms with Crippen molar-refractivity contribution < 1.29 is 5.11 Å². The van der Waals surface area contributed by atoms with Gasteiger partial charge < -0.3 is 10.0 Å². The van der Waals surface area contributed by atoms with E-state index in [4.69, 9.17) is 0 Å². The summed E-state index contributed by atoms with van der Waals surface area (Å²) < 4.78 is 0. The van der Waals surface area contributed by atoms with Crippen molar-refractivity contribution in [2.45, 2.75) is 38.6 Å². The Labute approximate surface area is 124 Å². The first-order chi connectivity index (χ1) is 9.79. The Morgan fingerprint density at radius 2 is 2.20 bits per heavy atom. The van der Waals surface area contributed by atoms with E-state index >= 15 is 0 Å². The van der Waals surface area contributed by atoms with E-state index in [1.165, 1.54) is 17.0 Å². The highest BCUT2D eigenvalue weighted by molar-refractivity contribution is 7.14. The average molecular weight is 287 g/mol. The summed E-state index contributed by atoms with van der Waals surface area (Å²) in [5, 5.41) is 13.5. The molecule has 1 atom stereocenters. The average Bonchev–Trinajstić information content (AvgIpc) is 2.98. The number of benzene rings is 1. The monoisotopic (exact) mass is 287 g/mol. The Morgan fingerprint density at radius 1 is 1.30 bits per heavy atom. The van der Waals surface area contributed by atoms with Crippen LogP contribution in [0.2, 0.25) is 0 Å². The predicted octanol–water partition coefficient (Wildman–Crippen LogP) is 4.23. The Kier molecular flexibility index (Phi) is 3.97. The van der Waals surface area contributed by atoms with Crippen LogP contribution in [0.4, 0.5) is 5.00 Å². The normalized spacial score (nSPS) is 17.8. The Bertz CT molecular complexity index is 564. The summed E-state index contributed by atoms with van der Waals surface area (Å²) >= 11 is 1.83. The van der Waals surface area contributed by atoms with Crippen LogP contribution in [-0.2, 0) is 12.8 Å². The molecule has 1 unspecified atom stereocenters. The van der Waals surface area contributed by atoms with Gasteiger partial charge in [0, 0.05) is 12.6 Å². The molecule has 0 bridgehead atoms. The summed E-state index contributed by atoms with van der Waals surface area (Å²) in [7, 11) is 0. The molecule has 2 aromatic rings. The molecule has 106 valence electrons. The predicted molar refractivity (Wildman–Crippen MR) is 85.9 cm³/mol. The molecular weight excluding hydrogens is 266 g/mol. The van der Waals surface area contributed by atoms with Crippen molar-refractivity contribution in [3.8, 4) is 5.75 Å². The molecule has 1 aromatic carbocycles. The second-order valence-corrected chi connectivity index (χ2v) is 6.38. The van der Waals surface area contributed by atoms with Gasteiger partial charge in [0.05, 0.1) is 5.00 Å². The third-order valence-corrected chi connectivity index (χ3v) is 5.03. The Morgan fingerprint density at radius 3 is 2.95 bits per heavy atom. The molecule has 1 aliphatic carbocycles. The highest BCUT2D eigenvalue weighted by Gasteiger charge is 2.25. The summed E-state index contributed by atoms with van der Waals surface area (Å²) in [6, 6.07) is 10.8. The van der Waals surface area contributed by atoms with E-state index in [2.05, 4.69) is 35.4 Å².